The number of hydrogen-bond acceptors (Lipinski definition) is 4. The fourth-order valence-corrected chi connectivity index (χ4v) is 1.88. The molecule has 0 radical (unpaired) electrons. The lowest BCUT2D eigenvalue weighted by molar-refractivity contribution is 0.146. The van der Waals surface area contributed by atoms with E-state index < -0.39 is 0 Å². The summed E-state index contributed by atoms with van der Waals surface area (Å²) < 4.78 is 0. The second-order valence-corrected chi connectivity index (χ2v) is 4.85. The third-order valence-electron chi connectivity index (χ3n) is 1.91. The molecule has 2 N–H and O–H groups in total. The number of thiazole rings is 1. The van der Waals surface area contributed by atoms with Crippen LogP contribution < -0.4 is 5.32 Å². The summed E-state index contributed by atoms with van der Waals surface area (Å²) in [5, 5.41) is 12.8. The number of nitrogens with one attached hydrogen (secondary N) is 1. The Bertz CT molecular complexity index is 236. The van der Waals surface area contributed by atoms with Crippen LogP contribution in [0, 0.1) is 5.92 Å². The molecule has 0 amide bonds. The van der Waals surface area contributed by atoms with Gasteiger partial charge in [-0.05, 0) is 12.3 Å². The molecular formula is C10H18N2OS. The molecule has 0 saturated carbocycles. The van der Waals surface area contributed by atoms with Crippen LogP contribution in [0.5, 0.6) is 0 Å². The molecule has 0 fully saturated rings. The smallest absolute Gasteiger partial charge is 0.0794 e. The van der Waals surface area contributed by atoms with Crippen molar-refractivity contribution in [3.05, 3.63) is 16.6 Å². The van der Waals surface area contributed by atoms with E-state index in [2.05, 4.69) is 24.1 Å². The molecule has 1 atom stereocenters. The van der Waals surface area contributed by atoms with Crippen molar-refractivity contribution < 1.29 is 5.11 Å². The zero-order valence-corrected chi connectivity index (χ0v) is 9.55. The number of aliphatic hydroxyl groups is 1. The van der Waals surface area contributed by atoms with Crippen molar-refractivity contribution in [2.45, 2.75) is 32.9 Å². The molecule has 0 bridgehead atoms. The van der Waals surface area contributed by atoms with Gasteiger partial charge in [0.05, 0.1) is 11.6 Å². The first-order valence-electron chi connectivity index (χ1n) is 4.94. The van der Waals surface area contributed by atoms with E-state index >= 15 is 0 Å². The Morgan fingerprint density at radius 1 is 1.57 bits per heavy atom. The van der Waals surface area contributed by atoms with E-state index in [4.69, 9.17) is 0 Å². The fourth-order valence-electron chi connectivity index (χ4n) is 1.32. The van der Waals surface area contributed by atoms with Gasteiger partial charge < -0.3 is 10.4 Å². The van der Waals surface area contributed by atoms with Gasteiger partial charge in [-0.2, -0.15) is 0 Å². The van der Waals surface area contributed by atoms with Gasteiger partial charge in [-0.25, -0.2) is 0 Å². The molecule has 3 nitrogen and oxygen atoms in total. The molecule has 0 aliphatic rings. The van der Waals surface area contributed by atoms with Gasteiger partial charge in [0.15, 0.2) is 0 Å². The summed E-state index contributed by atoms with van der Waals surface area (Å²) in [6, 6.07) is 0. The van der Waals surface area contributed by atoms with Crippen LogP contribution in [-0.2, 0) is 6.54 Å². The van der Waals surface area contributed by atoms with Crippen LogP contribution in [-0.4, -0.2) is 22.7 Å². The molecule has 0 aliphatic carbocycles. The highest BCUT2D eigenvalue weighted by molar-refractivity contribution is 7.09. The van der Waals surface area contributed by atoms with Crippen LogP contribution >= 0.6 is 11.3 Å². The Kier molecular flexibility index (Phi) is 5.07. The summed E-state index contributed by atoms with van der Waals surface area (Å²) in [6.45, 7) is 5.70. The van der Waals surface area contributed by atoms with Crippen molar-refractivity contribution in [1.29, 1.82) is 0 Å². The third kappa shape index (κ3) is 4.69. The predicted octanol–water partition coefficient (Wildman–Crippen LogP) is 1.64. The summed E-state index contributed by atoms with van der Waals surface area (Å²) in [4.78, 5) is 5.19. The molecule has 0 spiro atoms. The monoisotopic (exact) mass is 214 g/mol. The third-order valence-corrected chi connectivity index (χ3v) is 2.69. The standard InChI is InChI=1S/C10H18N2OS/c1-8(2)3-9(13)4-11-5-10-6-12-7-14-10/h6-9,11,13H,3-5H2,1-2H3. The zero-order valence-electron chi connectivity index (χ0n) is 8.73. The van der Waals surface area contributed by atoms with Crippen LogP contribution in [0.3, 0.4) is 0 Å². The van der Waals surface area contributed by atoms with Gasteiger partial charge in [0.2, 0.25) is 0 Å². The highest BCUT2D eigenvalue weighted by Gasteiger charge is 2.06. The Morgan fingerprint density at radius 3 is 2.93 bits per heavy atom. The minimum absolute atomic E-state index is 0.233. The van der Waals surface area contributed by atoms with Gasteiger partial charge in [0.25, 0.3) is 0 Å². The van der Waals surface area contributed by atoms with Gasteiger partial charge in [0.1, 0.15) is 0 Å². The van der Waals surface area contributed by atoms with E-state index in [0.29, 0.717) is 12.5 Å². The van der Waals surface area contributed by atoms with Crippen molar-refractivity contribution in [3.8, 4) is 0 Å². The van der Waals surface area contributed by atoms with E-state index in [-0.39, 0.29) is 6.10 Å². The van der Waals surface area contributed by atoms with Gasteiger partial charge in [-0.1, -0.05) is 13.8 Å². The first-order chi connectivity index (χ1) is 6.68. The number of aromatic nitrogens is 1. The van der Waals surface area contributed by atoms with E-state index in [0.717, 1.165) is 13.0 Å². The maximum Gasteiger partial charge on any atom is 0.0794 e. The summed E-state index contributed by atoms with van der Waals surface area (Å²) in [5.41, 5.74) is 1.82. The SMILES string of the molecule is CC(C)CC(O)CNCc1cncs1. The number of hydrogen-bond donors (Lipinski definition) is 2. The fraction of sp³-hybridized carbons (Fsp3) is 0.700. The van der Waals surface area contributed by atoms with E-state index in [1.165, 1.54) is 4.88 Å². The van der Waals surface area contributed by atoms with E-state index in [9.17, 15) is 5.11 Å². The second kappa shape index (κ2) is 6.11. The number of aliphatic hydroxyl groups excluding tert-OH is 1. The number of nitrogens with zero attached hydrogens (tertiary/aromatic N) is 1. The van der Waals surface area contributed by atoms with Crippen LogP contribution in [0.15, 0.2) is 11.7 Å². The topological polar surface area (TPSA) is 45.1 Å². The highest BCUT2D eigenvalue weighted by Crippen LogP contribution is 2.06. The summed E-state index contributed by atoms with van der Waals surface area (Å²) >= 11 is 1.63. The molecule has 1 aromatic rings. The summed E-state index contributed by atoms with van der Waals surface area (Å²) in [7, 11) is 0. The average molecular weight is 214 g/mol. The van der Waals surface area contributed by atoms with Gasteiger partial charge in [-0.15, -0.1) is 11.3 Å². The predicted molar refractivity (Wildman–Crippen MR) is 59.3 cm³/mol. The number of rotatable bonds is 6. The molecule has 1 heterocycles. The van der Waals surface area contributed by atoms with E-state index in [1.54, 1.807) is 11.3 Å². The maximum absolute atomic E-state index is 9.57. The van der Waals surface area contributed by atoms with Crippen LogP contribution in [0.1, 0.15) is 25.1 Å². The van der Waals surface area contributed by atoms with Crippen molar-refractivity contribution in [2.75, 3.05) is 6.54 Å². The Labute approximate surface area is 89.2 Å². The molecule has 0 saturated heterocycles. The molecule has 14 heavy (non-hydrogen) atoms. The highest BCUT2D eigenvalue weighted by atomic mass is 32.1. The first kappa shape index (κ1) is 11.6. The van der Waals surface area contributed by atoms with Crippen molar-refractivity contribution >= 4 is 11.3 Å². The van der Waals surface area contributed by atoms with Crippen molar-refractivity contribution in [1.82, 2.24) is 10.3 Å². The van der Waals surface area contributed by atoms with Gasteiger partial charge in [0, 0.05) is 24.2 Å². The molecule has 80 valence electrons. The Hall–Kier alpha value is -0.450. The molecule has 1 unspecified atom stereocenters. The quantitative estimate of drug-likeness (QED) is 0.756. The maximum atomic E-state index is 9.57. The normalized spacial score (nSPS) is 13.4. The Balaban J connectivity index is 2.09. The summed E-state index contributed by atoms with van der Waals surface area (Å²) in [5.74, 6) is 0.551. The minimum atomic E-state index is -0.233. The molecule has 1 rings (SSSR count). The molecule has 1 aromatic heterocycles. The minimum Gasteiger partial charge on any atom is -0.392 e. The van der Waals surface area contributed by atoms with Gasteiger partial charge in [-0.3, -0.25) is 4.98 Å². The Morgan fingerprint density at radius 2 is 2.36 bits per heavy atom. The van der Waals surface area contributed by atoms with Crippen LogP contribution in [0.4, 0.5) is 0 Å². The molecule has 4 heteroatoms. The molecule has 0 aromatic carbocycles. The first-order valence-corrected chi connectivity index (χ1v) is 5.82. The lowest BCUT2D eigenvalue weighted by atomic mass is 10.1. The largest absolute Gasteiger partial charge is 0.392 e. The van der Waals surface area contributed by atoms with E-state index in [1.807, 2.05) is 11.7 Å². The van der Waals surface area contributed by atoms with Crippen LogP contribution in [0.25, 0.3) is 0 Å². The lowest BCUT2D eigenvalue weighted by Crippen LogP contribution is -2.27. The average Bonchev–Trinajstić information content (AvgIpc) is 2.55. The zero-order chi connectivity index (χ0) is 10.4. The molecular weight excluding hydrogens is 196 g/mol. The van der Waals surface area contributed by atoms with Gasteiger partial charge >= 0.3 is 0 Å². The van der Waals surface area contributed by atoms with Crippen molar-refractivity contribution in [3.63, 3.8) is 0 Å². The van der Waals surface area contributed by atoms with Crippen LogP contribution in [0.2, 0.25) is 0 Å². The van der Waals surface area contributed by atoms with Crippen molar-refractivity contribution in [2.24, 2.45) is 5.92 Å². The second-order valence-electron chi connectivity index (χ2n) is 3.88. The lowest BCUT2D eigenvalue weighted by Gasteiger charge is -2.13. The summed E-state index contributed by atoms with van der Waals surface area (Å²) in [6.07, 6.45) is 2.48. The molecule has 0 aliphatic heterocycles.